The molecule has 1 amide bonds. The van der Waals surface area contributed by atoms with E-state index in [2.05, 4.69) is 24.9 Å². The lowest BCUT2D eigenvalue weighted by Gasteiger charge is -2.67. The average Bonchev–Trinajstić information content (AvgIpc) is 2.49. The van der Waals surface area contributed by atoms with Gasteiger partial charge in [0.25, 0.3) is 0 Å². The highest BCUT2D eigenvalue weighted by molar-refractivity contribution is 5.93. The standard InChI is InChI=1S/C20H26N2O3/c1-13(2)9-22(15-7-3-5-14-6-4-8-21-16(14)15)17(23)19-10-20(11-19,12-19)18(24)25/h4,6,8,13,15H,3,5,7,9-12H2,1-2H3,(H,24,25). The minimum absolute atomic E-state index is 0.0367. The molecule has 0 saturated heterocycles. The molecule has 0 radical (unpaired) electrons. The number of aryl methyl sites for hydroxylation is 1. The molecule has 1 aromatic heterocycles. The minimum Gasteiger partial charge on any atom is -0.481 e. The maximum absolute atomic E-state index is 13.4. The van der Waals surface area contributed by atoms with Gasteiger partial charge in [-0.1, -0.05) is 19.9 Å². The van der Waals surface area contributed by atoms with Crippen molar-refractivity contribution in [2.24, 2.45) is 16.7 Å². The monoisotopic (exact) mass is 342 g/mol. The Morgan fingerprint density at radius 1 is 1.32 bits per heavy atom. The zero-order valence-corrected chi connectivity index (χ0v) is 15.0. The van der Waals surface area contributed by atoms with Gasteiger partial charge in [0, 0.05) is 12.7 Å². The molecular weight excluding hydrogens is 316 g/mol. The summed E-state index contributed by atoms with van der Waals surface area (Å²) < 4.78 is 0. The molecule has 4 aliphatic carbocycles. The van der Waals surface area contributed by atoms with Crippen molar-refractivity contribution in [3.63, 3.8) is 0 Å². The first-order chi connectivity index (χ1) is 11.9. The second-order valence-electron chi connectivity index (χ2n) is 8.70. The van der Waals surface area contributed by atoms with Crippen molar-refractivity contribution in [2.75, 3.05) is 6.54 Å². The number of aromatic nitrogens is 1. The van der Waals surface area contributed by atoms with Crippen molar-refractivity contribution in [1.29, 1.82) is 0 Å². The van der Waals surface area contributed by atoms with Gasteiger partial charge in [-0.25, -0.2) is 0 Å². The maximum Gasteiger partial charge on any atom is 0.309 e. The van der Waals surface area contributed by atoms with Crippen LogP contribution in [-0.2, 0) is 16.0 Å². The molecular formula is C20H26N2O3. The van der Waals surface area contributed by atoms with Gasteiger partial charge >= 0.3 is 5.97 Å². The average molecular weight is 342 g/mol. The Balaban J connectivity index is 1.60. The number of carboxylic acid groups (broad SMARTS) is 1. The molecule has 3 saturated carbocycles. The number of nitrogens with zero attached hydrogens (tertiary/aromatic N) is 2. The second-order valence-corrected chi connectivity index (χ2v) is 8.70. The van der Waals surface area contributed by atoms with Crippen LogP contribution in [0, 0.1) is 16.7 Å². The molecule has 4 aliphatic rings. The molecule has 134 valence electrons. The summed E-state index contributed by atoms with van der Waals surface area (Å²) >= 11 is 0. The van der Waals surface area contributed by atoms with Crippen molar-refractivity contribution in [3.05, 3.63) is 29.6 Å². The first-order valence-corrected chi connectivity index (χ1v) is 9.35. The van der Waals surface area contributed by atoms with Crippen molar-refractivity contribution in [1.82, 2.24) is 9.88 Å². The summed E-state index contributed by atoms with van der Waals surface area (Å²) in [6.07, 6.45) is 6.41. The highest BCUT2D eigenvalue weighted by atomic mass is 16.4. The number of hydrogen-bond acceptors (Lipinski definition) is 3. The fourth-order valence-electron chi connectivity index (χ4n) is 5.18. The summed E-state index contributed by atoms with van der Waals surface area (Å²) in [7, 11) is 0. The lowest BCUT2D eigenvalue weighted by molar-refractivity contribution is -0.227. The highest BCUT2D eigenvalue weighted by Gasteiger charge is 2.76. The second kappa shape index (κ2) is 5.55. The van der Waals surface area contributed by atoms with Gasteiger partial charge in [-0.05, 0) is 56.1 Å². The van der Waals surface area contributed by atoms with Gasteiger partial charge < -0.3 is 10.0 Å². The first-order valence-electron chi connectivity index (χ1n) is 9.35. The fraction of sp³-hybridized carbons (Fsp3) is 0.650. The number of pyridine rings is 1. The summed E-state index contributed by atoms with van der Waals surface area (Å²) in [6, 6.07) is 4.12. The van der Waals surface area contributed by atoms with E-state index in [4.69, 9.17) is 0 Å². The molecule has 5 heteroatoms. The lowest BCUT2D eigenvalue weighted by atomic mass is 9.34. The number of hydrogen-bond donors (Lipinski definition) is 1. The van der Waals surface area contributed by atoms with Gasteiger partial charge in [0.2, 0.25) is 5.91 Å². The molecule has 1 unspecified atom stereocenters. The molecule has 0 aliphatic heterocycles. The minimum atomic E-state index is -0.734. The Labute approximate surface area is 148 Å². The van der Waals surface area contributed by atoms with E-state index in [1.165, 1.54) is 5.56 Å². The molecule has 25 heavy (non-hydrogen) atoms. The Morgan fingerprint density at radius 3 is 2.68 bits per heavy atom. The van der Waals surface area contributed by atoms with E-state index in [1.807, 2.05) is 17.2 Å². The van der Waals surface area contributed by atoms with E-state index in [9.17, 15) is 14.7 Å². The van der Waals surface area contributed by atoms with Gasteiger partial charge in [-0.3, -0.25) is 14.6 Å². The van der Waals surface area contributed by atoms with Crippen LogP contribution >= 0.6 is 0 Å². The highest BCUT2D eigenvalue weighted by Crippen LogP contribution is 2.74. The molecule has 1 N–H and O–H groups in total. The van der Waals surface area contributed by atoms with Gasteiger partial charge in [-0.2, -0.15) is 0 Å². The van der Waals surface area contributed by atoms with Crippen molar-refractivity contribution < 1.29 is 14.7 Å². The number of rotatable bonds is 5. The molecule has 0 spiro atoms. The predicted molar refractivity (Wildman–Crippen MR) is 92.8 cm³/mol. The van der Waals surface area contributed by atoms with Crippen LogP contribution in [0.1, 0.15) is 63.3 Å². The zero-order chi connectivity index (χ0) is 17.8. The van der Waals surface area contributed by atoms with Crippen LogP contribution < -0.4 is 0 Å². The Morgan fingerprint density at radius 2 is 2.04 bits per heavy atom. The number of carbonyl (C=O) groups is 2. The van der Waals surface area contributed by atoms with Crippen LogP contribution in [0.15, 0.2) is 18.3 Å². The quantitative estimate of drug-likeness (QED) is 0.892. The van der Waals surface area contributed by atoms with Crippen LogP contribution in [0.3, 0.4) is 0 Å². The third kappa shape index (κ3) is 2.39. The number of fused-ring (bicyclic) bond motifs is 1. The lowest BCUT2D eigenvalue weighted by Crippen LogP contribution is -2.71. The van der Waals surface area contributed by atoms with E-state index in [0.29, 0.717) is 31.7 Å². The summed E-state index contributed by atoms with van der Waals surface area (Å²) in [4.78, 5) is 31.4. The van der Waals surface area contributed by atoms with E-state index in [-0.39, 0.29) is 11.9 Å². The summed E-state index contributed by atoms with van der Waals surface area (Å²) in [6.45, 7) is 4.97. The van der Waals surface area contributed by atoms with Gasteiger partial charge in [0.15, 0.2) is 0 Å². The normalized spacial score (nSPS) is 32.4. The number of aliphatic carboxylic acids is 1. The number of carbonyl (C=O) groups excluding carboxylic acids is 1. The molecule has 5 rings (SSSR count). The topological polar surface area (TPSA) is 70.5 Å². The third-order valence-electron chi connectivity index (χ3n) is 6.30. The Kier molecular flexibility index (Phi) is 3.67. The van der Waals surface area contributed by atoms with Crippen LogP contribution in [0.4, 0.5) is 0 Å². The Bertz CT molecular complexity index is 708. The molecule has 3 fully saturated rings. The molecule has 1 aromatic rings. The van der Waals surface area contributed by atoms with E-state index < -0.39 is 16.8 Å². The molecule has 2 bridgehead atoms. The zero-order valence-electron chi connectivity index (χ0n) is 15.0. The van der Waals surface area contributed by atoms with Crippen LogP contribution in [0.2, 0.25) is 0 Å². The first kappa shape index (κ1) is 16.6. The Hall–Kier alpha value is -1.91. The summed E-state index contributed by atoms with van der Waals surface area (Å²) in [5.74, 6) is -0.200. The predicted octanol–water partition coefficient (Wildman–Crippen LogP) is 3.20. The van der Waals surface area contributed by atoms with Gasteiger partial charge in [-0.15, -0.1) is 0 Å². The third-order valence-corrected chi connectivity index (χ3v) is 6.30. The van der Waals surface area contributed by atoms with Crippen LogP contribution in [0.5, 0.6) is 0 Å². The van der Waals surface area contributed by atoms with Crippen molar-refractivity contribution in [2.45, 2.75) is 58.4 Å². The van der Waals surface area contributed by atoms with E-state index in [1.54, 1.807) is 0 Å². The summed E-state index contributed by atoms with van der Waals surface area (Å²) in [5, 5.41) is 9.35. The van der Waals surface area contributed by atoms with E-state index >= 15 is 0 Å². The van der Waals surface area contributed by atoms with Gasteiger partial charge in [0.05, 0.1) is 22.6 Å². The molecule has 1 atom stereocenters. The largest absolute Gasteiger partial charge is 0.481 e. The van der Waals surface area contributed by atoms with Gasteiger partial charge in [0.1, 0.15) is 0 Å². The molecule has 0 aromatic carbocycles. The fourth-order valence-corrected chi connectivity index (χ4v) is 5.18. The molecule has 5 nitrogen and oxygen atoms in total. The van der Waals surface area contributed by atoms with Crippen LogP contribution in [-0.4, -0.2) is 33.4 Å². The smallest absolute Gasteiger partial charge is 0.309 e. The SMILES string of the molecule is CC(C)CN(C(=O)C12CC(C(=O)O)(C1)C2)C1CCCc2cccnc21. The molecule has 1 heterocycles. The van der Waals surface area contributed by atoms with Crippen LogP contribution in [0.25, 0.3) is 0 Å². The number of carboxylic acids is 1. The summed E-state index contributed by atoms with van der Waals surface area (Å²) in [5.41, 5.74) is 1.27. The number of amides is 1. The maximum atomic E-state index is 13.4. The van der Waals surface area contributed by atoms with Crippen molar-refractivity contribution in [3.8, 4) is 0 Å². The van der Waals surface area contributed by atoms with Crippen molar-refractivity contribution >= 4 is 11.9 Å². The van der Waals surface area contributed by atoms with E-state index in [0.717, 1.165) is 25.0 Å².